The molecular weight excluding hydrogens is 350 g/mol. The van der Waals surface area contributed by atoms with Crippen molar-refractivity contribution in [3.05, 3.63) is 75.8 Å². The number of carbonyl (C=O) groups excluding carboxylic acids is 1. The standard InChI is InChI=1S/C19H19N3O5/c23-18(16-11-6-12-27-16)17(13-7-2-1-3-8-13)20-21-19(24)14-9-4-5-10-15(14)22(25)26/h1-5,7-10,16,18,23H,6,11-12H2,(H,21,24). The van der Waals surface area contributed by atoms with E-state index in [1.54, 1.807) is 24.3 Å². The molecule has 1 fully saturated rings. The summed E-state index contributed by atoms with van der Waals surface area (Å²) in [6.07, 6.45) is 0.0881. The second-order valence-electron chi connectivity index (χ2n) is 6.07. The molecule has 2 unspecified atom stereocenters. The normalized spacial score (nSPS) is 18.1. The molecule has 1 aliphatic rings. The number of hydrazone groups is 1. The summed E-state index contributed by atoms with van der Waals surface area (Å²) in [4.78, 5) is 22.9. The van der Waals surface area contributed by atoms with Gasteiger partial charge < -0.3 is 9.84 Å². The van der Waals surface area contributed by atoms with Gasteiger partial charge in [-0.1, -0.05) is 42.5 Å². The van der Waals surface area contributed by atoms with E-state index in [1.807, 2.05) is 6.07 Å². The molecule has 1 heterocycles. The third-order valence-corrected chi connectivity index (χ3v) is 4.29. The highest BCUT2D eigenvalue weighted by molar-refractivity contribution is 6.05. The van der Waals surface area contributed by atoms with Gasteiger partial charge in [0.2, 0.25) is 0 Å². The molecule has 2 aromatic carbocycles. The smallest absolute Gasteiger partial charge is 0.282 e. The monoisotopic (exact) mass is 369 g/mol. The summed E-state index contributed by atoms with van der Waals surface area (Å²) >= 11 is 0. The van der Waals surface area contributed by atoms with Crippen LogP contribution < -0.4 is 5.43 Å². The Hall–Kier alpha value is -3.10. The molecule has 27 heavy (non-hydrogen) atoms. The van der Waals surface area contributed by atoms with Crippen molar-refractivity contribution < 1.29 is 19.6 Å². The van der Waals surface area contributed by atoms with E-state index in [2.05, 4.69) is 10.5 Å². The van der Waals surface area contributed by atoms with E-state index in [1.165, 1.54) is 24.3 Å². The largest absolute Gasteiger partial charge is 0.384 e. The molecule has 8 heteroatoms. The molecule has 0 radical (unpaired) electrons. The number of amides is 1. The number of nitro benzene ring substituents is 1. The predicted molar refractivity (Wildman–Crippen MR) is 98.5 cm³/mol. The number of benzene rings is 2. The van der Waals surface area contributed by atoms with Gasteiger partial charge in [-0.05, 0) is 18.9 Å². The van der Waals surface area contributed by atoms with Gasteiger partial charge in [0.25, 0.3) is 11.6 Å². The Morgan fingerprint density at radius 1 is 1.22 bits per heavy atom. The maximum atomic E-state index is 12.4. The zero-order valence-electron chi connectivity index (χ0n) is 14.4. The topological polar surface area (TPSA) is 114 Å². The van der Waals surface area contributed by atoms with Gasteiger partial charge in [-0.2, -0.15) is 5.10 Å². The van der Waals surface area contributed by atoms with Crippen molar-refractivity contribution >= 4 is 17.3 Å². The number of para-hydroxylation sites is 1. The average molecular weight is 369 g/mol. The Bertz CT molecular complexity index is 847. The second kappa shape index (κ2) is 8.52. The Morgan fingerprint density at radius 2 is 1.93 bits per heavy atom. The Labute approximate surface area is 155 Å². The van der Waals surface area contributed by atoms with Crippen LogP contribution >= 0.6 is 0 Å². The highest BCUT2D eigenvalue weighted by Gasteiger charge is 2.29. The maximum absolute atomic E-state index is 12.4. The fourth-order valence-electron chi connectivity index (χ4n) is 2.93. The average Bonchev–Trinajstić information content (AvgIpc) is 3.23. The number of nitrogens with one attached hydrogen (secondary N) is 1. The van der Waals surface area contributed by atoms with Crippen LogP contribution in [0.5, 0.6) is 0 Å². The summed E-state index contributed by atoms with van der Waals surface area (Å²) in [6, 6.07) is 14.5. The molecular formula is C19H19N3O5. The number of rotatable bonds is 6. The van der Waals surface area contributed by atoms with Crippen molar-refractivity contribution in [3.8, 4) is 0 Å². The number of aliphatic hydroxyl groups excluding tert-OH is 1. The third-order valence-electron chi connectivity index (χ3n) is 4.29. The first-order chi connectivity index (χ1) is 13.1. The van der Waals surface area contributed by atoms with Crippen LogP contribution in [0.1, 0.15) is 28.8 Å². The summed E-state index contributed by atoms with van der Waals surface area (Å²) in [6.45, 7) is 0.562. The summed E-state index contributed by atoms with van der Waals surface area (Å²) < 4.78 is 5.53. The van der Waals surface area contributed by atoms with Crippen LogP contribution in [0, 0.1) is 10.1 Å². The first kappa shape index (κ1) is 18.7. The highest BCUT2D eigenvalue weighted by Crippen LogP contribution is 2.20. The summed E-state index contributed by atoms with van der Waals surface area (Å²) in [7, 11) is 0. The van der Waals surface area contributed by atoms with E-state index in [-0.39, 0.29) is 17.0 Å². The quantitative estimate of drug-likeness (QED) is 0.461. The molecule has 0 aliphatic carbocycles. The van der Waals surface area contributed by atoms with Crippen LogP contribution in [0.25, 0.3) is 0 Å². The lowest BCUT2D eigenvalue weighted by Gasteiger charge is -2.19. The Kier molecular flexibility index (Phi) is 5.90. The van der Waals surface area contributed by atoms with Crippen LogP contribution in [0.3, 0.4) is 0 Å². The van der Waals surface area contributed by atoms with Gasteiger partial charge in [-0.15, -0.1) is 0 Å². The molecule has 0 aromatic heterocycles. The predicted octanol–water partition coefficient (Wildman–Crippen LogP) is 2.27. The minimum Gasteiger partial charge on any atom is -0.384 e. The number of nitrogens with zero attached hydrogens (tertiary/aromatic N) is 2. The Morgan fingerprint density at radius 3 is 2.59 bits per heavy atom. The zero-order chi connectivity index (χ0) is 19.2. The SMILES string of the molecule is O=C(NN=C(c1ccccc1)C(O)C1CCCO1)c1ccccc1[N+](=O)[O-]. The first-order valence-electron chi connectivity index (χ1n) is 8.54. The molecule has 140 valence electrons. The van der Waals surface area contributed by atoms with Gasteiger partial charge in [0.1, 0.15) is 11.7 Å². The number of hydrogen-bond donors (Lipinski definition) is 2. The number of aliphatic hydroxyl groups is 1. The third kappa shape index (κ3) is 4.36. The highest BCUT2D eigenvalue weighted by atomic mass is 16.6. The fraction of sp³-hybridized carbons (Fsp3) is 0.263. The van der Waals surface area contributed by atoms with E-state index in [4.69, 9.17) is 4.74 Å². The van der Waals surface area contributed by atoms with Crippen molar-refractivity contribution in [1.82, 2.24) is 5.43 Å². The van der Waals surface area contributed by atoms with Crippen molar-refractivity contribution in [3.63, 3.8) is 0 Å². The molecule has 1 saturated heterocycles. The van der Waals surface area contributed by atoms with Crippen molar-refractivity contribution in [2.75, 3.05) is 6.61 Å². The number of carbonyl (C=O) groups is 1. The fourth-order valence-corrected chi connectivity index (χ4v) is 2.93. The van der Waals surface area contributed by atoms with Crippen LogP contribution in [-0.2, 0) is 4.74 Å². The van der Waals surface area contributed by atoms with Gasteiger partial charge in [-0.25, -0.2) is 5.43 Å². The summed E-state index contributed by atoms with van der Waals surface area (Å²) in [5.74, 6) is -0.727. The van der Waals surface area contributed by atoms with E-state index in [9.17, 15) is 20.0 Å². The van der Waals surface area contributed by atoms with E-state index in [0.29, 0.717) is 18.6 Å². The van der Waals surface area contributed by atoms with E-state index < -0.39 is 23.0 Å². The lowest BCUT2D eigenvalue weighted by molar-refractivity contribution is -0.385. The lowest BCUT2D eigenvalue weighted by Crippen LogP contribution is -2.36. The molecule has 2 atom stereocenters. The lowest BCUT2D eigenvalue weighted by atomic mass is 10.00. The molecule has 0 spiro atoms. The molecule has 0 saturated carbocycles. The molecule has 1 amide bonds. The molecule has 3 rings (SSSR count). The number of hydrogen-bond acceptors (Lipinski definition) is 6. The molecule has 8 nitrogen and oxygen atoms in total. The van der Waals surface area contributed by atoms with Gasteiger partial charge in [0, 0.05) is 18.2 Å². The minimum atomic E-state index is -1.03. The van der Waals surface area contributed by atoms with Crippen LogP contribution in [0.15, 0.2) is 59.7 Å². The van der Waals surface area contributed by atoms with Crippen LogP contribution in [0.4, 0.5) is 5.69 Å². The molecule has 0 bridgehead atoms. The number of nitro groups is 1. The van der Waals surface area contributed by atoms with Crippen molar-refractivity contribution in [2.24, 2.45) is 5.10 Å². The summed E-state index contributed by atoms with van der Waals surface area (Å²) in [5.41, 5.74) is 2.78. The van der Waals surface area contributed by atoms with Crippen molar-refractivity contribution in [2.45, 2.75) is 25.0 Å². The van der Waals surface area contributed by atoms with Crippen molar-refractivity contribution in [1.29, 1.82) is 0 Å². The van der Waals surface area contributed by atoms with Crippen LogP contribution in [-0.4, -0.2) is 40.5 Å². The van der Waals surface area contributed by atoms with Gasteiger partial charge in [0.15, 0.2) is 0 Å². The number of ether oxygens (including phenoxy) is 1. The summed E-state index contributed by atoms with van der Waals surface area (Å²) in [5, 5.41) is 25.9. The van der Waals surface area contributed by atoms with Gasteiger partial charge in [0.05, 0.1) is 16.7 Å². The zero-order valence-corrected chi connectivity index (χ0v) is 14.4. The van der Waals surface area contributed by atoms with Gasteiger partial charge in [-0.3, -0.25) is 14.9 Å². The molecule has 2 N–H and O–H groups in total. The minimum absolute atomic E-state index is 0.106. The van der Waals surface area contributed by atoms with Gasteiger partial charge >= 0.3 is 0 Å². The van der Waals surface area contributed by atoms with Crippen LogP contribution in [0.2, 0.25) is 0 Å². The van der Waals surface area contributed by atoms with E-state index in [0.717, 1.165) is 6.42 Å². The second-order valence-corrected chi connectivity index (χ2v) is 6.07. The van der Waals surface area contributed by atoms with E-state index >= 15 is 0 Å². The molecule has 1 aliphatic heterocycles. The Balaban J connectivity index is 1.87. The molecule has 2 aromatic rings. The maximum Gasteiger partial charge on any atom is 0.282 e. The first-order valence-corrected chi connectivity index (χ1v) is 8.54.